The van der Waals surface area contributed by atoms with Crippen LogP contribution >= 0.6 is 22.9 Å². The molecule has 0 aromatic carbocycles. The van der Waals surface area contributed by atoms with Crippen molar-refractivity contribution in [3.8, 4) is 0 Å². The molecule has 6 heteroatoms. The molecule has 0 radical (unpaired) electrons. The predicted molar refractivity (Wildman–Crippen MR) is 45.0 cm³/mol. The molecule has 0 saturated carbocycles. The Morgan fingerprint density at radius 1 is 1.75 bits per heavy atom. The highest BCUT2D eigenvalue weighted by Crippen LogP contribution is 2.21. The van der Waals surface area contributed by atoms with Gasteiger partial charge in [-0.25, -0.2) is 9.78 Å². The van der Waals surface area contributed by atoms with Gasteiger partial charge in [0.1, 0.15) is 5.15 Å². The molecule has 2 aromatic rings. The van der Waals surface area contributed by atoms with E-state index >= 15 is 0 Å². The zero-order chi connectivity index (χ0) is 8.72. The average Bonchev–Trinajstić information content (AvgIpc) is 2.53. The number of fused-ring (bicyclic) bond motifs is 1. The SMILES string of the molecule is O=C(O)c1nc2sccn2c1Cl. The van der Waals surface area contributed by atoms with E-state index in [1.54, 1.807) is 11.6 Å². The maximum Gasteiger partial charge on any atom is 0.357 e. The number of nitrogens with zero attached hydrogens (tertiary/aromatic N) is 2. The van der Waals surface area contributed by atoms with Crippen LogP contribution in [-0.4, -0.2) is 20.5 Å². The number of carbonyl (C=O) groups is 1. The monoisotopic (exact) mass is 202 g/mol. The number of aromatic nitrogens is 2. The topological polar surface area (TPSA) is 54.6 Å². The van der Waals surface area contributed by atoms with E-state index in [9.17, 15) is 4.79 Å². The molecular weight excluding hydrogens is 200 g/mol. The number of thiazole rings is 1. The van der Waals surface area contributed by atoms with Crippen LogP contribution in [0.2, 0.25) is 5.15 Å². The fraction of sp³-hybridized carbons (Fsp3) is 0. The molecule has 12 heavy (non-hydrogen) atoms. The first-order chi connectivity index (χ1) is 5.70. The van der Waals surface area contributed by atoms with Gasteiger partial charge in [0, 0.05) is 11.6 Å². The molecule has 0 aliphatic heterocycles. The number of carboxylic acid groups (broad SMARTS) is 1. The van der Waals surface area contributed by atoms with Gasteiger partial charge in [0.25, 0.3) is 0 Å². The van der Waals surface area contributed by atoms with E-state index < -0.39 is 5.97 Å². The lowest BCUT2D eigenvalue weighted by Gasteiger charge is -1.86. The third-order valence-corrected chi connectivity index (χ3v) is 2.52. The zero-order valence-corrected chi connectivity index (χ0v) is 7.26. The van der Waals surface area contributed by atoms with Crippen LogP contribution in [0.15, 0.2) is 11.6 Å². The maximum absolute atomic E-state index is 10.5. The van der Waals surface area contributed by atoms with Gasteiger partial charge < -0.3 is 5.11 Å². The highest BCUT2D eigenvalue weighted by molar-refractivity contribution is 7.15. The van der Waals surface area contributed by atoms with Crippen molar-refractivity contribution < 1.29 is 9.90 Å². The van der Waals surface area contributed by atoms with Gasteiger partial charge in [0.05, 0.1) is 0 Å². The number of carboxylic acids is 1. The summed E-state index contributed by atoms with van der Waals surface area (Å²) in [5.41, 5.74) is -0.0940. The third kappa shape index (κ3) is 0.904. The quantitative estimate of drug-likeness (QED) is 0.767. The van der Waals surface area contributed by atoms with E-state index in [0.717, 1.165) is 0 Å². The number of rotatable bonds is 1. The number of hydrogen-bond acceptors (Lipinski definition) is 3. The Morgan fingerprint density at radius 3 is 3.08 bits per heavy atom. The second-order valence-electron chi connectivity index (χ2n) is 2.11. The highest BCUT2D eigenvalue weighted by Gasteiger charge is 2.16. The fourth-order valence-electron chi connectivity index (χ4n) is 0.894. The van der Waals surface area contributed by atoms with Crippen LogP contribution in [0.4, 0.5) is 0 Å². The van der Waals surface area contributed by atoms with Gasteiger partial charge in [0.15, 0.2) is 10.7 Å². The molecule has 4 nitrogen and oxygen atoms in total. The first-order valence-corrected chi connectivity index (χ1v) is 4.30. The minimum absolute atomic E-state index is 0.0940. The summed E-state index contributed by atoms with van der Waals surface area (Å²) in [6.45, 7) is 0. The molecule has 0 saturated heterocycles. The zero-order valence-electron chi connectivity index (χ0n) is 5.69. The second-order valence-corrected chi connectivity index (χ2v) is 3.34. The van der Waals surface area contributed by atoms with Crippen LogP contribution in [0.1, 0.15) is 10.5 Å². The lowest BCUT2D eigenvalue weighted by molar-refractivity contribution is 0.0691. The lowest BCUT2D eigenvalue weighted by atomic mass is 10.5. The molecule has 0 spiro atoms. The molecular formula is C6H3ClN2O2S. The van der Waals surface area contributed by atoms with E-state index in [0.29, 0.717) is 4.96 Å². The summed E-state index contributed by atoms with van der Waals surface area (Å²) in [6.07, 6.45) is 1.68. The van der Waals surface area contributed by atoms with Gasteiger partial charge in [-0.15, -0.1) is 11.3 Å². The Labute approximate surface area is 76.0 Å². The van der Waals surface area contributed by atoms with Crippen molar-refractivity contribution in [1.82, 2.24) is 9.38 Å². The molecule has 0 aliphatic rings. The van der Waals surface area contributed by atoms with Crippen molar-refractivity contribution in [1.29, 1.82) is 0 Å². The summed E-state index contributed by atoms with van der Waals surface area (Å²) in [5.74, 6) is -1.10. The van der Waals surface area contributed by atoms with Crippen LogP contribution in [0.25, 0.3) is 4.96 Å². The van der Waals surface area contributed by atoms with Crippen LogP contribution in [0.3, 0.4) is 0 Å². The first kappa shape index (κ1) is 7.57. The van der Waals surface area contributed by atoms with Crippen LogP contribution in [-0.2, 0) is 0 Å². The largest absolute Gasteiger partial charge is 0.476 e. The minimum Gasteiger partial charge on any atom is -0.476 e. The summed E-state index contributed by atoms with van der Waals surface area (Å²) >= 11 is 7.06. The standard InChI is InChI=1S/C6H3ClN2O2S/c7-4-3(5(10)11)8-6-9(4)1-2-12-6/h1-2H,(H,10,11). The van der Waals surface area contributed by atoms with Crippen molar-refractivity contribution in [3.05, 3.63) is 22.4 Å². The summed E-state index contributed by atoms with van der Waals surface area (Å²) < 4.78 is 1.54. The Balaban J connectivity index is 2.78. The summed E-state index contributed by atoms with van der Waals surface area (Å²) in [6, 6.07) is 0. The first-order valence-electron chi connectivity index (χ1n) is 3.04. The van der Waals surface area contributed by atoms with Gasteiger partial charge in [0.2, 0.25) is 0 Å². The van der Waals surface area contributed by atoms with E-state index in [-0.39, 0.29) is 10.8 Å². The van der Waals surface area contributed by atoms with Gasteiger partial charge in [-0.1, -0.05) is 11.6 Å². The van der Waals surface area contributed by atoms with E-state index in [2.05, 4.69) is 4.98 Å². The molecule has 0 fully saturated rings. The Kier molecular flexibility index (Phi) is 1.55. The second kappa shape index (κ2) is 2.46. The lowest BCUT2D eigenvalue weighted by Crippen LogP contribution is -1.96. The Bertz CT molecular complexity index is 447. The predicted octanol–water partition coefficient (Wildman–Crippen LogP) is 1.75. The Morgan fingerprint density at radius 2 is 2.50 bits per heavy atom. The maximum atomic E-state index is 10.5. The summed E-state index contributed by atoms with van der Waals surface area (Å²) in [7, 11) is 0. The molecule has 2 rings (SSSR count). The molecule has 0 aliphatic carbocycles. The average molecular weight is 203 g/mol. The minimum atomic E-state index is -1.10. The van der Waals surface area contributed by atoms with Crippen molar-refractivity contribution in [2.24, 2.45) is 0 Å². The Hall–Kier alpha value is -1.07. The van der Waals surface area contributed by atoms with Crippen molar-refractivity contribution in [2.75, 3.05) is 0 Å². The van der Waals surface area contributed by atoms with Gasteiger partial charge >= 0.3 is 5.97 Å². The van der Waals surface area contributed by atoms with Gasteiger partial charge in [-0.3, -0.25) is 4.40 Å². The smallest absolute Gasteiger partial charge is 0.357 e. The summed E-state index contributed by atoms with van der Waals surface area (Å²) in [5, 5.41) is 10.6. The molecule has 2 heterocycles. The molecule has 0 bridgehead atoms. The van der Waals surface area contributed by atoms with Crippen molar-refractivity contribution in [2.45, 2.75) is 0 Å². The fourth-order valence-corrected chi connectivity index (χ4v) is 1.92. The number of hydrogen-bond donors (Lipinski definition) is 1. The number of imidazole rings is 1. The van der Waals surface area contributed by atoms with Crippen LogP contribution in [0, 0.1) is 0 Å². The highest BCUT2D eigenvalue weighted by atomic mass is 35.5. The molecule has 0 amide bonds. The van der Waals surface area contributed by atoms with Gasteiger partial charge in [-0.2, -0.15) is 0 Å². The third-order valence-electron chi connectivity index (χ3n) is 1.41. The molecule has 0 atom stereocenters. The number of halogens is 1. The van der Waals surface area contributed by atoms with E-state index in [1.807, 2.05) is 0 Å². The molecule has 2 aromatic heterocycles. The van der Waals surface area contributed by atoms with Crippen molar-refractivity contribution >= 4 is 33.9 Å². The van der Waals surface area contributed by atoms with Crippen LogP contribution < -0.4 is 0 Å². The van der Waals surface area contributed by atoms with Crippen LogP contribution in [0.5, 0.6) is 0 Å². The number of aromatic carboxylic acids is 1. The van der Waals surface area contributed by atoms with Crippen molar-refractivity contribution in [3.63, 3.8) is 0 Å². The molecule has 0 unspecified atom stereocenters. The van der Waals surface area contributed by atoms with Gasteiger partial charge in [-0.05, 0) is 0 Å². The summed E-state index contributed by atoms with van der Waals surface area (Å²) in [4.78, 5) is 15.0. The molecule has 62 valence electrons. The van der Waals surface area contributed by atoms with E-state index in [4.69, 9.17) is 16.7 Å². The normalized spacial score (nSPS) is 10.8. The molecule has 1 N–H and O–H groups in total. The van der Waals surface area contributed by atoms with E-state index in [1.165, 1.54) is 15.7 Å².